The second-order valence-electron chi connectivity index (χ2n) is 3.52. The molecule has 17 heavy (non-hydrogen) atoms. The van der Waals surface area contributed by atoms with Gasteiger partial charge in [-0.25, -0.2) is 12.7 Å². The van der Waals surface area contributed by atoms with E-state index in [1.54, 1.807) is 0 Å². The van der Waals surface area contributed by atoms with E-state index >= 15 is 0 Å². The highest BCUT2D eigenvalue weighted by Crippen LogP contribution is 2.38. The SMILES string of the molecule is O=C1c2sc(Cl)cc2S(=O)(=O)N1CCCCBr. The van der Waals surface area contributed by atoms with Gasteiger partial charge in [0.15, 0.2) is 0 Å². The van der Waals surface area contributed by atoms with Gasteiger partial charge in [-0.3, -0.25) is 4.79 Å². The molecular weight excluding hydrogens is 350 g/mol. The fraction of sp³-hybridized carbons (Fsp3) is 0.444. The number of carbonyl (C=O) groups is 1. The number of fused-ring (bicyclic) bond motifs is 1. The zero-order valence-corrected chi connectivity index (χ0v) is 12.6. The van der Waals surface area contributed by atoms with Crippen molar-refractivity contribution >= 4 is 54.8 Å². The maximum absolute atomic E-state index is 12.0. The van der Waals surface area contributed by atoms with E-state index in [0.29, 0.717) is 10.8 Å². The molecule has 0 aromatic carbocycles. The van der Waals surface area contributed by atoms with E-state index in [-0.39, 0.29) is 16.3 Å². The van der Waals surface area contributed by atoms with Crippen molar-refractivity contribution in [2.45, 2.75) is 17.7 Å². The summed E-state index contributed by atoms with van der Waals surface area (Å²) in [6.45, 7) is 0.228. The second kappa shape index (κ2) is 4.87. The van der Waals surface area contributed by atoms with E-state index in [4.69, 9.17) is 11.6 Å². The zero-order valence-electron chi connectivity index (χ0n) is 8.65. The Balaban J connectivity index is 2.29. The van der Waals surface area contributed by atoms with Gasteiger partial charge in [-0.05, 0) is 18.9 Å². The lowest BCUT2D eigenvalue weighted by molar-refractivity contribution is 0.0874. The van der Waals surface area contributed by atoms with Gasteiger partial charge >= 0.3 is 0 Å². The Kier molecular flexibility index (Phi) is 3.82. The van der Waals surface area contributed by atoms with Gasteiger partial charge in [-0.15, -0.1) is 11.3 Å². The molecule has 4 nitrogen and oxygen atoms in total. The summed E-state index contributed by atoms with van der Waals surface area (Å²) in [7, 11) is -3.66. The van der Waals surface area contributed by atoms with Crippen molar-refractivity contribution in [3.8, 4) is 0 Å². The summed E-state index contributed by atoms with van der Waals surface area (Å²) in [5.41, 5.74) is 0. The Labute approximate surface area is 117 Å². The molecule has 0 radical (unpaired) electrons. The minimum absolute atomic E-state index is 0.0522. The molecule has 0 saturated carbocycles. The molecule has 0 fully saturated rings. The summed E-state index contributed by atoms with van der Waals surface area (Å²) in [5.74, 6) is -0.452. The van der Waals surface area contributed by atoms with Crippen LogP contribution in [-0.4, -0.2) is 30.5 Å². The maximum atomic E-state index is 12.0. The number of halogens is 2. The van der Waals surface area contributed by atoms with E-state index in [2.05, 4.69) is 15.9 Å². The maximum Gasteiger partial charge on any atom is 0.279 e. The quantitative estimate of drug-likeness (QED) is 0.614. The Hall–Kier alpha value is -0.110. The highest BCUT2D eigenvalue weighted by atomic mass is 79.9. The molecule has 1 aliphatic heterocycles. The van der Waals surface area contributed by atoms with Crippen LogP contribution in [-0.2, 0) is 10.0 Å². The van der Waals surface area contributed by atoms with Gasteiger partial charge in [-0.2, -0.15) is 0 Å². The van der Waals surface area contributed by atoms with Gasteiger partial charge in [0.05, 0.1) is 4.34 Å². The molecule has 8 heteroatoms. The van der Waals surface area contributed by atoms with Crippen molar-refractivity contribution < 1.29 is 13.2 Å². The van der Waals surface area contributed by atoms with E-state index in [1.165, 1.54) is 6.07 Å². The minimum Gasteiger partial charge on any atom is -0.267 e. The first kappa shape index (κ1) is 13.3. The third-order valence-electron chi connectivity index (χ3n) is 2.40. The van der Waals surface area contributed by atoms with Crippen molar-refractivity contribution in [1.29, 1.82) is 0 Å². The van der Waals surface area contributed by atoms with Gasteiger partial charge in [0.2, 0.25) is 0 Å². The molecule has 94 valence electrons. The number of sulfonamides is 1. The topological polar surface area (TPSA) is 54.5 Å². The van der Waals surface area contributed by atoms with Crippen LogP contribution in [0.1, 0.15) is 22.5 Å². The fourth-order valence-corrected chi connectivity index (χ4v) is 5.21. The molecule has 0 unspecified atom stereocenters. The lowest BCUT2D eigenvalue weighted by Gasteiger charge is -2.14. The predicted octanol–water partition coefficient (Wildman–Crippen LogP) is 2.72. The van der Waals surface area contributed by atoms with Crippen LogP contribution in [0, 0.1) is 0 Å². The van der Waals surface area contributed by atoms with E-state index in [0.717, 1.165) is 27.4 Å². The molecule has 0 atom stereocenters. The average molecular weight is 359 g/mol. The first-order chi connectivity index (χ1) is 7.98. The van der Waals surface area contributed by atoms with Crippen LogP contribution < -0.4 is 0 Å². The minimum atomic E-state index is -3.66. The summed E-state index contributed by atoms with van der Waals surface area (Å²) in [4.78, 5) is 12.2. The predicted molar refractivity (Wildman–Crippen MR) is 70.6 cm³/mol. The highest BCUT2D eigenvalue weighted by Gasteiger charge is 2.42. The molecule has 0 aliphatic carbocycles. The number of rotatable bonds is 4. The Morgan fingerprint density at radius 2 is 2.12 bits per heavy atom. The molecule has 1 aliphatic rings. The van der Waals surface area contributed by atoms with Gasteiger partial charge in [0.1, 0.15) is 9.77 Å². The van der Waals surface area contributed by atoms with Crippen LogP contribution in [0.3, 0.4) is 0 Å². The van der Waals surface area contributed by atoms with Crippen LogP contribution in [0.4, 0.5) is 0 Å². The molecule has 1 aromatic rings. The number of carbonyl (C=O) groups excluding carboxylic acids is 1. The third-order valence-corrected chi connectivity index (χ3v) is 6.15. The number of hydrogen-bond acceptors (Lipinski definition) is 4. The fourth-order valence-electron chi connectivity index (χ4n) is 1.60. The summed E-state index contributed by atoms with van der Waals surface area (Å²) < 4.78 is 25.4. The van der Waals surface area contributed by atoms with Crippen molar-refractivity contribution in [2.24, 2.45) is 0 Å². The van der Waals surface area contributed by atoms with Crippen LogP contribution in [0.2, 0.25) is 4.34 Å². The summed E-state index contributed by atoms with van der Waals surface area (Å²) >= 11 is 10.0. The summed E-state index contributed by atoms with van der Waals surface area (Å²) in [6, 6.07) is 1.35. The first-order valence-electron chi connectivity index (χ1n) is 4.91. The van der Waals surface area contributed by atoms with E-state index < -0.39 is 15.9 Å². The van der Waals surface area contributed by atoms with Crippen molar-refractivity contribution in [3.05, 3.63) is 15.3 Å². The molecule has 0 bridgehead atoms. The number of thiophene rings is 1. The average Bonchev–Trinajstić information content (AvgIpc) is 2.72. The van der Waals surface area contributed by atoms with Gasteiger partial charge in [0, 0.05) is 11.9 Å². The van der Waals surface area contributed by atoms with Crippen molar-refractivity contribution in [2.75, 3.05) is 11.9 Å². The molecule has 1 aromatic heterocycles. The molecule has 0 N–H and O–H groups in total. The summed E-state index contributed by atoms with van der Waals surface area (Å²) in [6.07, 6.45) is 1.48. The number of nitrogens with zero attached hydrogens (tertiary/aromatic N) is 1. The number of hydrogen-bond donors (Lipinski definition) is 0. The zero-order chi connectivity index (χ0) is 12.6. The molecule has 1 amide bonds. The molecular formula is C9H9BrClNO3S2. The van der Waals surface area contributed by atoms with Crippen molar-refractivity contribution in [3.63, 3.8) is 0 Å². The van der Waals surface area contributed by atoms with Crippen LogP contribution in [0.15, 0.2) is 11.0 Å². The number of unbranched alkanes of at least 4 members (excludes halogenated alkanes) is 1. The molecule has 2 rings (SSSR count). The van der Waals surface area contributed by atoms with Gasteiger partial charge in [0.25, 0.3) is 15.9 Å². The largest absolute Gasteiger partial charge is 0.279 e. The molecule has 0 spiro atoms. The molecule has 2 heterocycles. The molecule has 0 saturated heterocycles. The normalized spacial score (nSPS) is 17.5. The van der Waals surface area contributed by atoms with E-state index in [9.17, 15) is 13.2 Å². The van der Waals surface area contributed by atoms with Crippen molar-refractivity contribution in [1.82, 2.24) is 4.31 Å². The smallest absolute Gasteiger partial charge is 0.267 e. The third kappa shape index (κ3) is 2.25. The van der Waals surface area contributed by atoms with Crippen LogP contribution >= 0.6 is 38.9 Å². The number of amides is 1. The Morgan fingerprint density at radius 1 is 1.41 bits per heavy atom. The number of alkyl halides is 1. The van der Waals surface area contributed by atoms with Gasteiger partial charge in [-0.1, -0.05) is 27.5 Å². The van der Waals surface area contributed by atoms with Crippen LogP contribution in [0.25, 0.3) is 0 Å². The Bertz CT molecular complexity index is 555. The standard InChI is InChI=1S/C9H9BrClNO3S2/c10-3-1-2-4-12-9(13)8-6(17(12,14)15)5-7(11)16-8/h5H,1-4H2. The van der Waals surface area contributed by atoms with Gasteiger partial charge < -0.3 is 0 Å². The lowest BCUT2D eigenvalue weighted by Crippen LogP contribution is -2.31. The lowest BCUT2D eigenvalue weighted by atomic mass is 10.3. The monoisotopic (exact) mass is 357 g/mol. The van der Waals surface area contributed by atoms with E-state index in [1.807, 2.05) is 0 Å². The van der Waals surface area contributed by atoms with Crippen LogP contribution in [0.5, 0.6) is 0 Å². The highest BCUT2D eigenvalue weighted by molar-refractivity contribution is 9.09. The summed E-state index contributed by atoms with van der Waals surface area (Å²) in [5, 5.41) is 0.794. The second-order valence-corrected chi connectivity index (χ2v) is 7.83. The Morgan fingerprint density at radius 3 is 2.71 bits per heavy atom. The first-order valence-corrected chi connectivity index (χ1v) is 8.66.